The van der Waals surface area contributed by atoms with Crippen molar-refractivity contribution in [2.24, 2.45) is 5.73 Å². The van der Waals surface area contributed by atoms with Gasteiger partial charge in [0.05, 0.1) is 7.11 Å². The van der Waals surface area contributed by atoms with Crippen LogP contribution in [0.2, 0.25) is 0 Å². The van der Waals surface area contributed by atoms with Crippen LogP contribution in [0.4, 0.5) is 0 Å². The van der Waals surface area contributed by atoms with Crippen LogP contribution in [0.3, 0.4) is 0 Å². The molecule has 0 aliphatic heterocycles. The second kappa shape index (κ2) is 6.44. The maximum Gasteiger partial charge on any atom is 0.169 e. The molecule has 0 fully saturated rings. The molecule has 0 bridgehead atoms. The highest BCUT2D eigenvalue weighted by atomic mass is 16.5. The van der Waals surface area contributed by atoms with Crippen molar-refractivity contribution in [2.75, 3.05) is 13.7 Å². The van der Waals surface area contributed by atoms with E-state index < -0.39 is 0 Å². The Morgan fingerprint density at radius 1 is 0.950 bits per heavy atom. The molecule has 0 aliphatic rings. The summed E-state index contributed by atoms with van der Waals surface area (Å²) >= 11 is 0. The summed E-state index contributed by atoms with van der Waals surface area (Å²) in [5.74, 6) is 2.32. The summed E-state index contributed by atoms with van der Waals surface area (Å²) in [6.45, 7) is 4.72. The number of methoxy groups -OCH3 is 1. The highest BCUT2D eigenvalue weighted by Gasteiger charge is 2.08. The zero-order valence-corrected chi connectivity index (χ0v) is 12.3. The molecule has 0 amide bonds. The molecule has 0 aromatic heterocycles. The minimum atomic E-state index is 0.658. The first-order valence-electron chi connectivity index (χ1n) is 6.76. The summed E-state index contributed by atoms with van der Waals surface area (Å²) in [6, 6.07) is 12.1. The predicted octanol–water partition coefficient (Wildman–Crippen LogP) is 3.61. The summed E-state index contributed by atoms with van der Waals surface area (Å²) in [5.41, 5.74) is 9.05. The van der Waals surface area contributed by atoms with E-state index in [1.807, 2.05) is 38.1 Å². The Kier molecular flexibility index (Phi) is 4.64. The standard InChI is InChI=1S/C17H21NO2/c1-12-4-6-16(17(10-12)19-3)20-15-7-5-14(8-9-18)11-13(15)2/h4-7,10-11H,8-9,18H2,1-3H3. The van der Waals surface area contributed by atoms with Crippen LogP contribution in [0.5, 0.6) is 17.2 Å². The first-order chi connectivity index (χ1) is 9.63. The van der Waals surface area contributed by atoms with E-state index in [1.54, 1.807) is 7.11 Å². The second-order valence-corrected chi connectivity index (χ2v) is 4.89. The Bertz CT molecular complexity index is 594. The lowest BCUT2D eigenvalue weighted by atomic mass is 10.1. The molecule has 20 heavy (non-hydrogen) atoms. The molecule has 2 aromatic carbocycles. The molecule has 0 unspecified atom stereocenters. The Hall–Kier alpha value is -2.00. The quantitative estimate of drug-likeness (QED) is 0.903. The van der Waals surface area contributed by atoms with Gasteiger partial charge >= 0.3 is 0 Å². The fourth-order valence-corrected chi connectivity index (χ4v) is 2.13. The van der Waals surface area contributed by atoms with Crippen LogP contribution in [0.15, 0.2) is 36.4 Å². The van der Waals surface area contributed by atoms with Crippen molar-refractivity contribution in [1.29, 1.82) is 0 Å². The fourth-order valence-electron chi connectivity index (χ4n) is 2.13. The van der Waals surface area contributed by atoms with Crippen molar-refractivity contribution in [2.45, 2.75) is 20.3 Å². The van der Waals surface area contributed by atoms with Gasteiger partial charge in [-0.05, 0) is 61.7 Å². The number of hydrogen-bond acceptors (Lipinski definition) is 3. The third kappa shape index (κ3) is 3.31. The van der Waals surface area contributed by atoms with Crippen LogP contribution >= 0.6 is 0 Å². The topological polar surface area (TPSA) is 44.5 Å². The van der Waals surface area contributed by atoms with E-state index >= 15 is 0 Å². The molecule has 2 N–H and O–H groups in total. The number of aryl methyl sites for hydroxylation is 2. The van der Waals surface area contributed by atoms with Crippen molar-refractivity contribution in [3.63, 3.8) is 0 Å². The Morgan fingerprint density at radius 3 is 2.35 bits per heavy atom. The highest BCUT2D eigenvalue weighted by molar-refractivity contribution is 5.47. The SMILES string of the molecule is COc1cc(C)ccc1Oc1ccc(CCN)cc1C. The lowest BCUT2D eigenvalue weighted by Crippen LogP contribution is -2.03. The van der Waals surface area contributed by atoms with Gasteiger partial charge in [0.2, 0.25) is 0 Å². The van der Waals surface area contributed by atoms with E-state index in [4.69, 9.17) is 15.2 Å². The predicted molar refractivity (Wildman–Crippen MR) is 81.7 cm³/mol. The van der Waals surface area contributed by atoms with Gasteiger partial charge in [-0.3, -0.25) is 0 Å². The Morgan fingerprint density at radius 2 is 1.70 bits per heavy atom. The molecule has 3 nitrogen and oxygen atoms in total. The maximum absolute atomic E-state index is 5.96. The van der Waals surface area contributed by atoms with Gasteiger partial charge in [0.15, 0.2) is 11.5 Å². The van der Waals surface area contributed by atoms with E-state index in [-0.39, 0.29) is 0 Å². The number of rotatable bonds is 5. The summed E-state index contributed by atoms with van der Waals surface area (Å²) in [6.07, 6.45) is 0.884. The van der Waals surface area contributed by atoms with Crippen molar-refractivity contribution in [3.05, 3.63) is 53.1 Å². The third-order valence-corrected chi connectivity index (χ3v) is 3.21. The summed E-state index contributed by atoms with van der Waals surface area (Å²) in [7, 11) is 1.65. The molecule has 0 heterocycles. The first kappa shape index (κ1) is 14.4. The Balaban J connectivity index is 2.26. The summed E-state index contributed by atoms with van der Waals surface area (Å²) in [4.78, 5) is 0. The van der Waals surface area contributed by atoms with Gasteiger partial charge in [0.1, 0.15) is 5.75 Å². The second-order valence-electron chi connectivity index (χ2n) is 4.89. The average molecular weight is 271 g/mol. The maximum atomic E-state index is 5.96. The van der Waals surface area contributed by atoms with E-state index in [2.05, 4.69) is 12.1 Å². The zero-order chi connectivity index (χ0) is 14.5. The lowest BCUT2D eigenvalue weighted by Gasteiger charge is -2.13. The molecule has 0 saturated carbocycles. The minimum Gasteiger partial charge on any atom is -0.493 e. The lowest BCUT2D eigenvalue weighted by molar-refractivity contribution is 0.377. The number of benzene rings is 2. The smallest absolute Gasteiger partial charge is 0.169 e. The summed E-state index contributed by atoms with van der Waals surface area (Å²) < 4.78 is 11.3. The minimum absolute atomic E-state index is 0.658. The molecule has 0 atom stereocenters. The normalized spacial score (nSPS) is 10.4. The van der Waals surface area contributed by atoms with Gasteiger partial charge in [-0.25, -0.2) is 0 Å². The largest absolute Gasteiger partial charge is 0.493 e. The summed E-state index contributed by atoms with van der Waals surface area (Å²) in [5, 5.41) is 0. The van der Waals surface area contributed by atoms with E-state index in [1.165, 1.54) is 5.56 Å². The average Bonchev–Trinajstić information content (AvgIpc) is 2.43. The molecule has 2 aromatic rings. The van der Waals surface area contributed by atoms with Gasteiger partial charge in [-0.15, -0.1) is 0 Å². The highest BCUT2D eigenvalue weighted by Crippen LogP contribution is 2.33. The van der Waals surface area contributed by atoms with Gasteiger partial charge < -0.3 is 15.2 Å². The van der Waals surface area contributed by atoms with Gasteiger partial charge in [-0.2, -0.15) is 0 Å². The fraction of sp³-hybridized carbons (Fsp3) is 0.294. The van der Waals surface area contributed by atoms with Gasteiger partial charge in [-0.1, -0.05) is 18.2 Å². The number of hydrogen-bond donors (Lipinski definition) is 1. The van der Waals surface area contributed by atoms with Crippen molar-refractivity contribution in [3.8, 4) is 17.2 Å². The van der Waals surface area contributed by atoms with Gasteiger partial charge in [0.25, 0.3) is 0 Å². The molecule has 0 aliphatic carbocycles. The monoisotopic (exact) mass is 271 g/mol. The van der Waals surface area contributed by atoms with Crippen LogP contribution in [0.1, 0.15) is 16.7 Å². The molecular formula is C17H21NO2. The van der Waals surface area contributed by atoms with E-state index in [0.717, 1.165) is 34.8 Å². The van der Waals surface area contributed by atoms with Gasteiger partial charge in [0, 0.05) is 0 Å². The zero-order valence-electron chi connectivity index (χ0n) is 12.3. The van der Waals surface area contributed by atoms with Crippen LogP contribution in [-0.2, 0) is 6.42 Å². The Labute approximate surface area is 120 Å². The van der Waals surface area contributed by atoms with Crippen molar-refractivity contribution >= 4 is 0 Å². The van der Waals surface area contributed by atoms with E-state index in [9.17, 15) is 0 Å². The third-order valence-electron chi connectivity index (χ3n) is 3.21. The number of nitrogens with two attached hydrogens (primary N) is 1. The van der Waals surface area contributed by atoms with Crippen LogP contribution in [0.25, 0.3) is 0 Å². The van der Waals surface area contributed by atoms with Crippen molar-refractivity contribution in [1.82, 2.24) is 0 Å². The van der Waals surface area contributed by atoms with Crippen LogP contribution < -0.4 is 15.2 Å². The molecule has 0 saturated heterocycles. The molecule has 106 valence electrons. The molecule has 3 heteroatoms. The molecule has 0 radical (unpaired) electrons. The first-order valence-corrected chi connectivity index (χ1v) is 6.76. The molecular weight excluding hydrogens is 250 g/mol. The number of ether oxygens (including phenoxy) is 2. The molecule has 0 spiro atoms. The van der Waals surface area contributed by atoms with E-state index in [0.29, 0.717) is 6.54 Å². The van der Waals surface area contributed by atoms with Crippen LogP contribution in [0, 0.1) is 13.8 Å². The van der Waals surface area contributed by atoms with Crippen molar-refractivity contribution < 1.29 is 9.47 Å². The molecule has 2 rings (SSSR count). The van der Waals surface area contributed by atoms with Crippen LogP contribution in [-0.4, -0.2) is 13.7 Å².